The number of oxazole rings is 1. The third-order valence-corrected chi connectivity index (χ3v) is 4.52. The second-order valence-electron chi connectivity index (χ2n) is 6.68. The number of esters is 1. The molecule has 0 bridgehead atoms. The molecule has 0 saturated heterocycles. The largest absolute Gasteiger partial charge is 0.461 e. The van der Waals surface area contributed by atoms with Crippen molar-refractivity contribution in [3.8, 4) is 11.3 Å². The van der Waals surface area contributed by atoms with Gasteiger partial charge in [-0.05, 0) is 44.0 Å². The zero-order valence-electron chi connectivity index (χ0n) is 15.9. The first-order chi connectivity index (χ1) is 14.4. The minimum Gasteiger partial charge on any atom is -0.461 e. The van der Waals surface area contributed by atoms with E-state index in [0.29, 0.717) is 5.69 Å². The Bertz CT molecular complexity index is 1080. The highest BCUT2D eigenvalue weighted by atomic mass is 19.4. The molecule has 4 rings (SSSR count). The standard InChI is InChI=1S/C20H17F3N4O3/c1-2-29-19(28)16-17(30-10-25-16)12-7-8-14(20(21,22)23)27-18(12)26-13-4-3-9-24-15(13)11-5-6-11/h3-4,7-11H,2,5-6H2,1H3,(H,26,27). The molecule has 0 aromatic carbocycles. The predicted molar refractivity (Wildman–Crippen MR) is 100 cm³/mol. The van der Waals surface area contributed by atoms with Crippen molar-refractivity contribution in [2.75, 3.05) is 11.9 Å². The highest BCUT2D eigenvalue weighted by Gasteiger charge is 2.34. The molecule has 10 heteroatoms. The van der Waals surface area contributed by atoms with E-state index >= 15 is 0 Å². The molecule has 0 unspecified atom stereocenters. The molecule has 3 aromatic rings. The van der Waals surface area contributed by atoms with E-state index in [2.05, 4.69) is 20.3 Å². The van der Waals surface area contributed by atoms with Crippen LogP contribution in [0.5, 0.6) is 0 Å². The zero-order valence-corrected chi connectivity index (χ0v) is 15.9. The Morgan fingerprint density at radius 3 is 2.77 bits per heavy atom. The second-order valence-corrected chi connectivity index (χ2v) is 6.68. The molecule has 1 aliphatic rings. The van der Waals surface area contributed by atoms with Crippen LogP contribution in [0.4, 0.5) is 24.7 Å². The van der Waals surface area contributed by atoms with E-state index in [1.807, 2.05) is 0 Å². The summed E-state index contributed by atoms with van der Waals surface area (Å²) < 4.78 is 50.2. The number of carbonyl (C=O) groups excluding carboxylic acids is 1. The van der Waals surface area contributed by atoms with Crippen molar-refractivity contribution >= 4 is 17.5 Å². The molecule has 156 valence electrons. The summed E-state index contributed by atoms with van der Waals surface area (Å²) in [5.74, 6) is -0.647. The monoisotopic (exact) mass is 418 g/mol. The molecule has 7 nitrogen and oxygen atoms in total. The van der Waals surface area contributed by atoms with Crippen LogP contribution in [-0.4, -0.2) is 27.5 Å². The number of anilines is 2. The molecule has 3 aromatic heterocycles. The number of nitrogens with zero attached hydrogens (tertiary/aromatic N) is 3. The predicted octanol–water partition coefficient (Wildman–Crippen LogP) is 4.95. The fraction of sp³-hybridized carbons (Fsp3) is 0.300. The number of ether oxygens (including phenoxy) is 1. The van der Waals surface area contributed by atoms with Crippen LogP contribution in [0.1, 0.15) is 47.6 Å². The molecule has 0 aliphatic heterocycles. The van der Waals surface area contributed by atoms with Crippen molar-refractivity contribution in [1.82, 2.24) is 15.0 Å². The quantitative estimate of drug-likeness (QED) is 0.567. The molecule has 0 amide bonds. The van der Waals surface area contributed by atoms with Crippen molar-refractivity contribution in [3.63, 3.8) is 0 Å². The first kappa shape index (κ1) is 19.9. The van der Waals surface area contributed by atoms with E-state index < -0.39 is 17.8 Å². The third kappa shape index (κ3) is 3.98. The summed E-state index contributed by atoms with van der Waals surface area (Å²) in [6, 6.07) is 5.41. The Morgan fingerprint density at radius 1 is 1.27 bits per heavy atom. The maximum atomic E-state index is 13.3. The Labute approximate surface area is 169 Å². The molecule has 1 aliphatic carbocycles. The Balaban J connectivity index is 1.81. The molecular formula is C20H17F3N4O3. The molecule has 0 spiro atoms. The van der Waals surface area contributed by atoms with Gasteiger partial charge >= 0.3 is 12.1 Å². The lowest BCUT2D eigenvalue weighted by Gasteiger charge is -2.15. The van der Waals surface area contributed by atoms with Crippen LogP contribution in [0.3, 0.4) is 0 Å². The van der Waals surface area contributed by atoms with Gasteiger partial charge in [0.05, 0.1) is 23.6 Å². The van der Waals surface area contributed by atoms with Gasteiger partial charge in [0, 0.05) is 12.1 Å². The molecule has 1 fully saturated rings. The van der Waals surface area contributed by atoms with Gasteiger partial charge in [-0.15, -0.1) is 0 Å². The molecule has 3 heterocycles. The first-order valence-electron chi connectivity index (χ1n) is 9.29. The molecule has 0 atom stereocenters. The van der Waals surface area contributed by atoms with Gasteiger partial charge in [-0.3, -0.25) is 4.98 Å². The second kappa shape index (κ2) is 7.77. The van der Waals surface area contributed by atoms with Crippen LogP contribution in [-0.2, 0) is 10.9 Å². The number of aromatic nitrogens is 3. The Hall–Kier alpha value is -3.43. The van der Waals surface area contributed by atoms with Gasteiger partial charge < -0.3 is 14.5 Å². The van der Waals surface area contributed by atoms with Gasteiger partial charge in [-0.25, -0.2) is 14.8 Å². The summed E-state index contributed by atoms with van der Waals surface area (Å²) in [4.78, 5) is 24.1. The Morgan fingerprint density at radius 2 is 2.07 bits per heavy atom. The van der Waals surface area contributed by atoms with E-state index in [-0.39, 0.29) is 35.4 Å². The van der Waals surface area contributed by atoms with E-state index in [9.17, 15) is 18.0 Å². The maximum absolute atomic E-state index is 13.3. The summed E-state index contributed by atoms with van der Waals surface area (Å²) in [6.45, 7) is 1.74. The number of hydrogen-bond donors (Lipinski definition) is 1. The first-order valence-corrected chi connectivity index (χ1v) is 9.29. The average Bonchev–Trinajstić information content (AvgIpc) is 3.44. The highest BCUT2D eigenvalue weighted by Crippen LogP contribution is 2.43. The molecule has 30 heavy (non-hydrogen) atoms. The maximum Gasteiger partial charge on any atom is 0.433 e. The highest BCUT2D eigenvalue weighted by molar-refractivity contribution is 5.95. The van der Waals surface area contributed by atoms with Gasteiger partial charge in [-0.2, -0.15) is 13.2 Å². The summed E-state index contributed by atoms with van der Waals surface area (Å²) >= 11 is 0. The van der Waals surface area contributed by atoms with E-state index in [4.69, 9.17) is 9.15 Å². The molecule has 1 saturated carbocycles. The number of rotatable bonds is 6. The summed E-state index contributed by atoms with van der Waals surface area (Å²) in [6.07, 6.45) is -0.0562. The van der Waals surface area contributed by atoms with Crippen LogP contribution in [0.15, 0.2) is 41.3 Å². The SMILES string of the molecule is CCOC(=O)c1ncoc1-c1ccc(C(F)(F)F)nc1Nc1cccnc1C1CC1. The molecule has 1 N–H and O–H groups in total. The topological polar surface area (TPSA) is 90.1 Å². The van der Waals surface area contributed by atoms with Gasteiger partial charge in [0.2, 0.25) is 0 Å². The number of carbonyl (C=O) groups is 1. The number of hydrogen-bond acceptors (Lipinski definition) is 7. The van der Waals surface area contributed by atoms with Crippen molar-refractivity contribution in [1.29, 1.82) is 0 Å². The minimum atomic E-state index is -4.64. The lowest BCUT2D eigenvalue weighted by molar-refractivity contribution is -0.141. The van der Waals surface area contributed by atoms with E-state index in [0.717, 1.165) is 31.0 Å². The van der Waals surface area contributed by atoms with Gasteiger partial charge in [0.1, 0.15) is 11.5 Å². The smallest absolute Gasteiger partial charge is 0.433 e. The summed E-state index contributed by atoms with van der Waals surface area (Å²) in [7, 11) is 0. The lowest BCUT2D eigenvalue weighted by atomic mass is 10.1. The third-order valence-electron chi connectivity index (χ3n) is 4.52. The van der Waals surface area contributed by atoms with E-state index in [1.165, 1.54) is 6.07 Å². The zero-order chi connectivity index (χ0) is 21.3. The Kier molecular flexibility index (Phi) is 5.15. The summed E-state index contributed by atoms with van der Waals surface area (Å²) in [5.41, 5.74) is 0.225. The molecular weight excluding hydrogens is 401 g/mol. The number of pyridine rings is 2. The van der Waals surface area contributed by atoms with E-state index in [1.54, 1.807) is 25.3 Å². The lowest BCUT2D eigenvalue weighted by Crippen LogP contribution is -2.11. The van der Waals surface area contributed by atoms with Crippen molar-refractivity contribution in [2.45, 2.75) is 31.9 Å². The minimum absolute atomic E-state index is 0.0333. The number of alkyl halides is 3. The van der Waals surface area contributed by atoms with Crippen LogP contribution in [0, 0.1) is 0 Å². The van der Waals surface area contributed by atoms with Gasteiger partial charge in [-0.1, -0.05) is 0 Å². The van der Waals surface area contributed by atoms with Crippen LogP contribution in [0.2, 0.25) is 0 Å². The fourth-order valence-electron chi connectivity index (χ4n) is 3.01. The van der Waals surface area contributed by atoms with Crippen molar-refractivity contribution in [2.24, 2.45) is 0 Å². The number of nitrogens with one attached hydrogen (secondary N) is 1. The van der Waals surface area contributed by atoms with Crippen LogP contribution >= 0.6 is 0 Å². The van der Waals surface area contributed by atoms with Crippen LogP contribution in [0.25, 0.3) is 11.3 Å². The number of halogens is 3. The normalized spacial score (nSPS) is 13.9. The van der Waals surface area contributed by atoms with Crippen molar-refractivity contribution < 1.29 is 27.1 Å². The summed E-state index contributed by atoms with van der Waals surface area (Å²) in [5, 5.41) is 2.95. The van der Waals surface area contributed by atoms with Gasteiger partial charge in [0.15, 0.2) is 17.8 Å². The fourth-order valence-corrected chi connectivity index (χ4v) is 3.01. The molecule has 0 radical (unpaired) electrons. The van der Waals surface area contributed by atoms with Crippen LogP contribution < -0.4 is 5.32 Å². The average molecular weight is 418 g/mol. The van der Waals surface area contributed by atoms with Crippen molar-refractivity contribution in [3.05, 3.63) is 53.9 Å². The van der Waals surface area contributed by atoms with Gasteiger partial charge in [0.25, 0.3) is 0 Å².